The highest BCUT2D eigenvalue weighted by atomic mass is 17.0. The smallest absolute Gasteiger partial charge is 0.450 e. The number of hydrogen-bond acceptors (Lipinski definition) is 17. The van der Waals surface area contributed by atoms with Crippen LogP contribution in [0, 0.1) is 54.0 Å². The molecule has 1 aliphatic rings. The minimum atomic E-state index is -1.54. The Kier molecular flexibility index (Phi) is 25.6. The quantitative estimate of drug-likeness (QED) is 0.0161. The fourth-order valence-corrected chi connectivity index (χ4v) is 7.59. The van der Waals surface area contributed by atoms with Gasteiger partial charge in [-0.25, -0.2) is 14.4 Å². The van der Waals surface area contributed by atoms with Crippen LogP contribution in [-0.2, 0) is 44.7 Å². The van der Waals surface area contributed by atoms with Gasteiger partial charge in [-0.05, 0) is 119 Å². The van der Waals surface area contributed by atoms with E-state index in [0.717, 1.165) is 5.56 Å². The van der Waals surface area contributed by atoms with E-state index < -0.39 is 75.7 Å². The number of nitrogens with zero attached hydrogens (tertiary/aromatic N) is 3. The van der Waals surface area contributed by atoms with Gasteiger partial charge in [-0.2, -0.15) is 0 Å². The van der Waals surface area contributed by atoms with E-state index in [2.05, 4.69) is 19.6 Å². The Labute approximate surface area is 363 Å². The van der Waals surface area contributed by atoms with Crippen molar-refractivity contribution in [3.8, 4) is 0 Å². The third-order valence-corrected chi connectivity index (χ3v) is 10.2. The van der Waals surface area contributed by atoms with Gasteiger partial charge in [0.2, 0.25) is 5.91 Å². The second-order valence-electron chi connectivity index (χ2n) is 14.5. The minimum Gasteiger partial charge on any atom is -0.450 e. The third-order valence-electron chi connectivity index (χ3n) is 10.2. The lowest BCUT2D eigenvalue weighted by atomic mass is 9.79. The van der Waals surface area contributed by atoms with Gasteiger partial charge in [0.05, 0.1) is 26.4 Å². The van der Waals surface area contributed by atoms with Crippen molar-refractivity contribution < 1.29 is 78.1 Å². The highest BCUT2D eigenvalue weighted by Gasteiger charge is 2.49. The Morgan fingerprint density at radius 3 is 1.97 bits per heavy atom. The molecule has 3 N–H and O–H groups in total. The molecule has 0 radical (unpaired) electrons. The van der Waals surface area contributed by atoms with Crippen molar-refractivity contribution in [2.45, 2.75) is 109 Å². The summed E-state index contributed by atoms with van der Waals surface area (Å²) in [5.41, 5.74) is 0.919. The summed E-state index contributed by atoms with van der Waals surface area (Å²) in [5.74, 6) is -2.78. The number of carbonyl (C=O) groups is 4. The lowest BCUT2D eigenvalue weighted by Crippen LogP contribution is -2.31. The molecule has 352 valence electrons. The first-order valence-corrected chi connectivity index (χ1v) is 20.8. The Bertz CT molecular complexity index is 1630. The molecule has 2 rings (SSSR count). The predicted octanol–water partition coefficient (Wildman–Crippen LogP) is 6.91. The zero-order chi connectivity index (χ0) is 46.4. The van der Waals surface area contributed by atoms with Crippen molar-refractivity contribution in [1.29, 1.82) is 0 Å². The zero-order valence-corrected chi connectivity index (χ0v) is 35.1. The summed E-state index contributed by atoms with van der Waals surface area (Å²) < 4.78 is 20.2. The Morgan fingerprint density at radius 1 is 0.778 bits per heavy atom. The number of allylic oxidation sites excluding steroid dienone is 3. The van der Waals surface area contributed by atoms with E-state index in [4.69, 9.17) is 29.4 Å². The Morgan fingerprint density at radius 2 is 1.38 bits per heavy atom. The molecule has 1 aromatic rings. The van der Waals surface area contributed by atoms with Gasteiger partial charge in [-0.3, -0.25) is 4.79 Å². The van der Waals surface area contributed by atoms with E-state index in [0.29, 0.717) is 25.8 Å². The predicted molar refractivity (Wildman–Crippen MR) is 217 cm³/mol. The van der Waals surface area contributed by atoms with Crippen molar-refractivity contribution in [1.82, 2.24) is 5.32 Å². The van der Waals surface area contributed by atoms with Crippen LogP contribution in [0.15, 0.2) is 54.6 Å². The molecule has 23 heteroatoms. The lowest BCUT2D eigenvalue weighted by molar-refractivity contribution is -0.772. The SMILES string of the molecule is CCNC(=O)CCC/C=C\C[C@@H]1[C@@H](/C=C/[C@H](CCc2ccccc2)OC(=O)OCCCCO[N+](=O)[O-])[C@H](C(CCCOC(=O)O)O[N+](=O)[O-])C[C@@H]1C(CCCOC(=O)O)O[N+](=O)[O-]. The molecule has 1 fully saturated rings. The van der Waals surface area contributed by atoms with E-state index in [1.165, 1.54) is 0 Å². The summed E-state index contributed by atoms with van der Waals surface area (Å²) in [6, 6.07) is 9.28. The maximum Gasteiger partial charge on any atom is 0.508 e. The van der Waals surface area contributed by atoms with Gasteiger partial charge >= 0.3 is 18.5 Å². The number of hydrogen-bond donors (Lipinski definition) is 3. The summed E-state index contributed by atoms with van der Waals surface area (Å²) >= 11 is 0. The molecular weight excluding hydrogens is 840 g/mol. The molecule has 1 aromatic carbocycles. The molecular formula is C40H58N4O19. The number of carbonyl (C=O) groups excluding carboxylic acids is 2. The summed E-state index contributed by atoms with van der Waals surface area (Å²) in [7, 11) is 0. The van der Waals surface area contributed by atoms with Gasteiger partial charge in [0.15, 0.2) is 0 Å². The van der Waals surface area contributed by atoms with Gasteiger partial charge in [0, 0.05) is 13.0 Å². The molecule has 63 heavy (non-hydrogen) atoms. The Balaban J connectivity index is 2.60. The molecule has 0 aliphatic heterocycles. The number of nitrogens with one attached hydrogen (secondary N) is 1. The topological polar surface area (TPSA) is 315 Å². The number of benzene rings is 1. The first-order valence-electron chi connectivity index (χ1n) is 20.8. The van der Waals surface area contributed by atoms with E-state index in [-0.39, 0.29) is 96.5 Å². The molecule has 7 atom stereocenters. The van der Waals surface area contributed by atoms with Crippen LogP contribution in [-0.4, -0.2) is 101 Å². The summed E-state index contributed by atoms with van der Waals surface area (Å²) in [5, 5.41) is 52.1. The first kappa shape index (κ1) is 52.7. The molecule has 1 saturated carbocycles. The number of amides is 1. The van der Waals surface area contributed by atoms with Crippen LogP contribution in [0.25, 0.3) is 0 Å². The molecule has 0 heterocycles. The summed E-state index contributed by atoms with van der Waals surface area (Å²) in [4.78, 5) is 96.1. The van der Waals surface area contributed by atoms with Crippen LogP contribution in [0.5, 0.6) is 0 Å². The zero-order valence-electron chi connectivity index (χ0n) is 35.1. The standard InChI is InChI=1S/C40H58N4O19/c1-2-41-37(45)19-9-4-3-8-16-31-32(23-22-30(21-20-29-14-6-5-7-15-29)61-40(50)59-24-10-11-27-60-42(51)52)34(36(63-44(55)56)18-13-26-58-39(48)49)28-33(31)35(62-43(53)54)17-12-25-57-38(46)47/h3,5-8,14-15,22-23,30-36H,2,4,9-13,16-21,24-28H2,1H3,(H,41,45)(H,46,47)(H,48,49)/b8-3-,23-22+/t30-,31+,32+,33-,34+,35?,36?/m0/s1. The van der Waals surface area contributed by atoms with Crippen molar-refractivity contribution in [2.75, 3.05) is 33.0 Å². The van der Waals surface area contributed by atoms with Crippen LogP contribution >= 0.6 is 0 Å². The Hall–Kier alpha value is -6.42. The molecule has 1 aliphatic carbocycles. The van der Waals surface area contributed by atoms with Crippen LogP contribution < -0.4 is 5.32 Å². The van der Waals surface area contributed by atoms with Crippen molar-refractivity contribution in [2.24, 2.45) is 23.7 Å². The molecule has 0 bridgehead atoms. The monoisotopic (exact) mass is 898 g/mol. The molecule has 0 saturated heterocycles. The number of unbranched alkanes of at least 4 members (excludes halogenated alkanes) is 2. The van der Waals surface area contributed by atoms with Crippen LogP contribution in [0.3, 0.4) is 0 Å². The number of ether oxygens (including phenoxy) is 4. The minimum absolute atomic E-state index is 0.0206. The summed E-state index contributed by atoms with van der Waals surface area (Å²) in [6.07, 6.45) is 2.43. The number of carboxylic acid groups (broad SMARTS) is 2. The second-order valence-corrected chi connectivity index (χ2v) is 14.5. The molecule has 2 unspecified atom stereocenters. The highest BCUT2D eigenvalue weighted by Crippen LogP contribution is 2.50. The van der Waals surface area contributed by atoms with Gasteiger partial charge in [-0.15, -0.1) is 30.3 Å². The van der Waals surface area contributed by atoms with Crippen LogP contribution in [0.2, 0.25) is 0 Å². The van der Waals surface area contributed by atoms with Gasteiger partial charge in [0.1, 0.15) is 18.3 Å². The molecule has 0 spiro atoms. The summed E-state index contributed by atoms with van der Waals surface area (Å²) in [6.45, 7) is 1.38. The largest absolute Gasteiger partial charge is 0.508 e. The van der Waals surface area contributed by atoms with Crippen molar-refractivity contribution >= 4 is 24.4 Å². The van der Waals surface area contributed by atoms with Gasteiger partial charge in [-0.1, -0.05) is 48.6 Å². The van der Waals surface area contributed by atoms with Crippen molar-refractivity contribution in [3.05, 3.63) is 90.5 Å². The first-order chi connectivity index (χ1) is 30.2. The lowest BCUT2D eigenvalue weighted by Gasteiger charge is -2.30. The van der Waals surface area contributed by atoms with Gasteiger partial charge < -0.3 is 49.0 Å². The number of aryl methyl sites for hydroxylation is 1. The second kappa shape index (κ2) is 30.6. The number of rotatable bonds is 33. The maximum absolute atomic E-state index is 12.9. The van der Waals surface area contributed by atoms with E-state index in [1.54, 1.807) is 19.1 Å². The molecule has 23 nitrogen and oxygen atoms in total. The van der Waals surface area contributed by atoms with E-state index in [9.17, 15) is 49.5 Å². The fourth-order valence-electron chi connectivity index (χ4n) is 7.59. The van der Waals surface area contributed by atoms with Crippen LogP contribution in [0.4, 0.5) is 14.4 Å². The third kappa shape index (κ3) is 23.4. The average Bonchev–Trinajstić information content (AvgIpc) is 3.58. The van der Waals surface area contributed by atoms with Crippen molar-refractivity contribution in [3.63, 3.8) is 0 Å². The fraction of sp³-hybridized carbons (Fsp3) is 0.650. The van der Waals surface area contributed by atoms with Crippen LogP contribution in [0.1, 0.15) is 89.5 Å². The maximum atomic E-state index is 12.9. The van der Waals surface area contributed by atoms with E-state index in [1.807, 2.05) is 42.5 Å². The molecule has 1 amide bonds. The highest BCUT2D eigenvalue weighted by molar-refractivity contribution is 5.75. The van der Waals surface area contributed by atoms with Gasteiger partial charge in [0.25, 0.3) is 15.3 Å². The average molecular weight is 899 g/mol. The van der Waals surface area contributed by atoms with E-state index >= 15 is 0 Å². The normalized spacial score (nSPS) is 18.4. The molecule has 0 aromatic heterocycles.